The molecule has 2 aliphatic rings. The van der Waals surface area contributed by atoms with Crippen LogP contribution in [-0.2, 0) is 10.8 Å². The van der Waals surface area contributed by atoms with E-state index in [1.807, 2.05) is 0 Å². The minimum absolute atomic E-state index is 0.252. The summed E-state index contributed by atoms with van der Waals surface area (Å²) in [6.45, 7) is 4.81. The molecule has 0 unspecified atom stereocenters. The van der Waals surface area contributed by atoms with Gasteiger partial charge in [-0.3, -0.25) is 0 Å². The number of hydrogen-bond acceptors (Lipinski definition) is 1. The Labute approximate surface area is 409 Å². The highest BCUT2D eigenvalue weighted by molar-refractivity contribution is 6.22. The molecular weight excluding hydrogens is 845 g/mol. The van der Waals surface area contributed by atoms with E-state index in [0.717, 1.165) is 17.1 Å². The summed E-state index contributed by atoms with van der Waals surface area (Å²) in [5, 5.41) is 5.09. The van der Waals surface area contributed by atoms with Gasteiger partial charge in [0.25, 0.3) is 0 Å². The first kappa shape index (κ1) is 40.4. The van der Waals surface area contributed by atoms with Crippen molar-refractivity contribution in [2.45, 2.75) is 24.7 Å². The Morgan fingerprint density at radius 2 is 0.857 bits per heavy atom. The van der Waals surface area contributed by atoms with Gasteiger partial charge in [0.1, 0.15) is 0 Å². The summed E-state index contributed by atoms with van der Waals surface area (Å²) in [5.74, 6) is 0. The zero-order chi connectivity index (χ0) is 46.6. The average molecular weight is 893 g/mol. The number of aromatic nitrogens is 1. The Morgan fingerprint density at radius 3 is 1.57 bits per heavy atom. The Balaban J connectivity index is 0.899. The zero-order valence-electron chi connectivity index (χ0n) is 39.1. The molecule has 0 radical (unpaired) electrons. The van der Waals surface area contributed by atoms with Crippen LogP contribution < -0.4 is 4.90 Å². The quantitative estimate of drug-likeness (QED) is 0.155. The molecule has 1 heterocycles. The van der Waals surface area contributed by atoms with Crippen LogP contribution in [0.15, 0.2) is 255 Å². The van der Waals surface area contributed by atoms with Gasteiger partial charge < -0.3 is 9.47 Å². The lowest BCUT2D eigenvalue weighted by Crippen LogP contribution is -2.28. The number of nitrogens with zero attached hydrogens (tertiary/aromatic N) is 2. The molecule has 0 saturated heterocycles. The monoisotopic (exact) mass is 892 g/mol. The SMILES string of the molecule is CC1(C)c2cc(-c3ccc4c(c3)c3c5ccccc5ccc3n4-c3ccccc3)ccc2-c2ccc(N(c3ccccc3)c3ccc4c(c3)C(c3ccccc3)(c3ccccc3)c3ccccc3-4)cc21. The number of anilines is 3. The summed E-state index contributed by atoms with van der Waals surface area (Å²) in [6.07, 6.45) is 0. The Kier molecular flexibility index (Phi) is 8.88. The van der Waals surface area contributed by atoms with Crippen molar-refractivity contribution in [1.82, 2.24) is 4.57 Å². The van der Waals surface area contributed by atoms with Gasteiger partial charge in [0, 0.05) is 38.9 Å². The molecule has 0 spiro atoms. The molecule has 0 aliphatic heterocycles. The minimum Gasteiger partial charge on any atom is -0.310 e. The summed E-state index contributed by atoms with van der Waals surface area (Å²) in [4.78, 5) is 2.46. The number of rotatable bonds is 7. The first-order valence-electron chi connectivity index (χ1n) is 24.5. The molecule has 0 saturated carbocycles. The van der Waals surface area contributed by atoms with Crippen LogP contribution in [0.1, 0.15) is 47.2 Å². The lowest BCUT2D eigenvalue weighted by atomic mass is 9.67. The van der Waals surface area contributed by atoms with Crippen LogP contribution in [0.2, 0.25) is 0 Å². The van der Waals surface area contributed by atoms with Crippen molar-refractivity contribution in [1.29, 1.82) is 0 Å². The third kappa shape index (κ3) is 5.80. The fourth-order valence-electron chi connectivity index (χ4n) is 12.5. The van der Waals surface area contributed by atoms with Crippen molar-refractivity contribution in [2.75, 3.05) is 4.90 Å². The molecule has 11 aromatic carbocycles. The maximum Gasteiger partial charge on any atom is 0.0714 e. The first-order chi connectivity index (χ1) is 34.5. The van der Waals surface area contributed by atoms with Crippen molar-refractivity contribution in [2.24, 2.45) is 0 Å². The summed E-state index contributed by atoms with van der Waals surface area (Å²) in [5.41, 5.74) is 21.7. The largest absolute Gasteiger partial charge is 0.310 e. The van der Waals surface area contributed by atoms with Crippen molar-refractivity contribution < 1.29 is 0 Å². The highest BCUT2D eigenvalue weighted by Gasteiger charge is 2.46. The fraction of sp³-hybridized carbons (Fsp3) is 0.0588. The number of benzene rings is 11. The average Bonchev–Trinajstić information content (AvgIpc) is 4.00. The van der Waals surface area contributed by atoms with Gasteiger partial charge in [0.05, 0.1) is 16.4 Å². The molecule has 330 valence electrons. The fourth-order valence-corrected chi connectivity index (χ4v) is 12.5. The Bertz CT molecular complexity index is 3980. The molecular formula is C68H48N2. The van der Waals surface area contributed by atoms with Gasteiger partial charge in [-0.2, -0.15) is 0 Å². The van der Waals surface area contributed by atoms with Gasteiger partial charge in [0.2, 0.25) is 0 Å². The molecule has 0 fully saturated rings. The molecule has 2 aliphatic carbocycles. The van der Waals surface area contributed by atoms with Crippen LogP contribution in [0.25, 0.3) is 71.6 Å². The van der Waals surface area contributed by atoms with Crippen molar-refractivity contribution in [3.05, 3.63) is 288 Å². The van der Waals surface area contributed by atoms with Gasteiger partial charge in [-0.15, -0.1) is 0 Å². The van der Waals surface area contributed by atoms with Gasteiger partial charge >= 0.3 is 0 Å². The van der Waals surface area contributed by atoms with Crippen molar-refractivity contribution in [3.63, 3.8) is 0 Å². The highest BCUT2D eigenvalue weighted by Crippen LogP contribution is 2.58. The zero-order valence-corrected chi connectivity index (χ0v) is 39.1. The lowest BCUT2D eigenvalue weighted by Gasteiger charge is -2.35. The molecule has 70 heavy (non-hydrogen) atoms. The van der Waals surface area contributed by atoms with E-state index < -0.39 is 5.41 Å². The molecule has 1 aromatic heterocycles. The normalized spacial score (nSPS) is 13.8. The Morgan fingerprint density at radius 1 is 0.343 bits per heavy atom. The van der Waals surface area contributed by atoms with Crippen LogP contribution in [0.3, 0.4) is 0 Å². The number of fused-ring (bicyclic) bond motifs is 11. The molecule has 2 nitrogen and oxygen atoms in total. The maximum atomic E-state index is 2.47. The molecule has 0 amide bonds. The van der Waals surface area contributed by atoms with Gasteiger partial charge in [-0.25, -0.2) is 0 Å². The van der Waals surface area contributed by atoms with Crippen LogP contribution in [0.5, 0.6) is 0 Å². The van der Waals surface area contributed by atoms with E-state index in [1.165, 1.54) is 105 Å². The van der Waals surface area contributed by atoms with Gasteiger partial charge in [-0.1, -0.05) is 196 Å². The lowest BCUT2D eigenvalue weighted by molar-refractivity contribution is 0.660. The summed E-state index contributed by atoms with van der Waals surface area (Å²) >= 11 is 0. The van der Waals surface area contributed by atoms with Crippen LogP contribution in [0, 0.1) is 0 Å². The highest BCUT2D eigenvalue weighted by atomic mass is 15.1. The second kappa shape index (κ2) is 15.4. The van der Waals surface area contributed by atoms with Crippen LogP contribution in [0.4, 0.5) is 17.1 Å². The van der Waals surface area contributed by atoms with E-state index in [2.05, 4.69) is 278 Å². The third-order valence-electron chi connectivity index (χ3n) is 15.6. The molecule has 2 heteroatoms. The molecule has 14 rings (SSSR count). The first-order valence-corrected chi connectivity index (χ1v) is 24.5. The molecule has 0 bridgehead atoms. The van der Waals surface area contributed by atoms with Gasteiger partial charge in [0.15, 0.2) is 0 Å². The Hall–Kier alpha value is -8.72. The summed E-state index contributed by atoms with van der Waals surface area (Å²) in [6, 6.07) is 94.7. The van der Waals surface area contributed by atoms with E-state index in [0.29, 0.717) is 0 Å². The van der Waals surface area contributed by atoms with Gasteiger partial charge in [-0.05, 0) is 150 Å². The van der Waals surface area contributed by atoms with E-state index >= 15 is 0 Å². The maximum absolute atomic E-state index is 2.47. The van der Waals surface area contributed by atoms with E-state index in [1.54, 1.807) is 0 Å². The molecule has 0 N–H and O–H groups in total. The van der Waals surface area contributed by atoms with Crippen molar-refractivity contribution >= 4 is 49.6 Å². The predicted octanol–water partition coefficient (Wildman–Crippen LogP) is 17.7. The molecule has 12 aromatic rings. The van der Waals surface area contributed by atoms with E-state index in [4.69, 9.17) is 0 Å². The topological polar surface area (TPSA) is 8.17 Å². The second-order valence-electron chi connectivity index (χ2n) is 19.6. The van der Waals surface area contributed by atoms with Crippen LogP contribution in [-0.4, -0.2) is 4.57 Å². The smallest absolute Gasteiger partial charge is 0.0714 e. The summed E-state index contributed by atoms with van der Waals surface area (Å²) < 4.78 is 2.42. The standard InChI is InChI=1S/C68H48N2/c1-67(2)61-42-47(46-33-39-64-59(41-46)66-54-28-16-15-19-45(54)32-40-65(66)70(64)51-26-13-6-14-27-51)31-36-56(61)57-37-34-52(43-62(57)67)69(50-24-11-5-12-25-50)53-35-38-58-55-29-17-18-30-60(55)68(63(58)44-53,48-20-7-3-8-21-48)49-22-9-4-10-23-49/h3-44H,1-2H3. The van der Waals surface area contributed by atoms with Crippen molar-refractivity contribution in [3.8, 4) is 39.1 Å². The summed E-state index contributed by atoms with van der Waals surface area (Å²) in [7, 11) is 0. The van der Waals surface area contributed by atoms with Crippen LogP contribution >= 0.6 is 0 Å². The van der Waals surface area contributed by atoms with E-state index in [9.17, 15) is 0 Å². The third-order valence-corrected chi connectivity index (χ3v) is 15.6. The minimum atomic E-state index is -0.497. The predicted molar refractivity (Wildman–Crippen MR) is 293 cm³/mol. The molecule has 0 atom stereocenters. The number of para-hydroxylation sites is 2. The second-order valence-corrected chi connectivity index (χ2v) is 19.6. The van der Waals surface area contributed by atoms with E-state index in [-0.39, 0.29) is 5.41 Å². The number of hydrogen-bond donors (Lipinski definition) is 0.